The highest BCUT2D eigenvalue weighted by Crippen LogP contribution is 2.30. The van der Waals surface area contributed by atoms with Crippen LogP contribution in [0.3, 0.4) is 0 Å². The molecule has 8 nitrogen and oxygen atoms in total. The lowest BCUT2D eigenvalue weighted by atomic mass is 9.95. The Hall–Kier alpha value is -3.91. The fourth-order valence-electron chi connectivity index (χ4n) is 4.44. The van der Waals surface area contributed by atoms with Gasteiger partial charge >= 0.3 is 6.09 Å². The van der Waals surface area contributed by atoms with Crippen LogP contribution in [0.4, 0.5) is 10.5 Å². The smallest absolute Gasteiger partial charge is 0.408 e. The Kier molecular flexibility index (Phi) is 9.35. The van der Waals surface area contributed by atoms with Crippen LogP contribution in [-0.2, 0) is 14.3 Å². The minimum absolute atomic E-state index is 0.407. The molecule has 0 aliphatic heterocycles. The minimum atomic E-state index is -1.30. The summed E-state index contributed by atoms with van der Waals surface area (Å²) in [4.78, 5) is 41.7. The van der Waals surface area contributed by atoms with E-state index in [1.165, 1.54) is 4.90 Å². The molecule has 3 aromatic rings. The van der Waals surface area contributed by atoms with Crippen molar-refractivity contribution in [1.29, 1.82) is 0 Å². The summed E-state index contributed by atoms with van der Waals surface area (Å²) in [7, 11) is 0. The zero-order valence-corrected chi connectivity index (χ0v) is 23.7. The average Bonchev–Trinajstić information content (AvgIpc) is 2.85. The van der Waals surface area contributed by atoms with Gasteiger partial charge in [-0.25, -0.2) is 4.79 Å². The van der Waals surface area contributed by atoms with Crippen molar-refractivity contribution in [3.63, 3.8) is 0 Å². The first-order chi connectivity index (χ1) is 18.3. The summed E-state index contributed by atoms with van der Waals surface area (Å²) in [6.07, 6.45) is -0.831. The molecule has 0 spiro atoms. The number of carbonyl (C=O) groups is 3. The molecule has 2 atom stereocenters. The lowest BCUT2D eigenvalue weighted by Crippen LogP contribution is -2.55. The van der Waals surface area contributed by atoms with Gasteiger partial charge in [0.25, 0.3) is 5.91 Å². The fourth-order valence-corrected chi connectivity index (χ4v) is 4.44. The monoisotopic (exact) mass is 533 g/mol. The molecule has 208 valence electrons. The molecule has 3 N–H and O–H groups in total. The van der Waals surface area contributed by atoms with E-state index in [0.717, 1.165) is 21.9 Å². The van der Waals surface area contributed by atoms with E-state index in [4.69, 9.17) is 4.74 Å². The van der Waals surface area contributed by atoms with Crippen molar-refractivity contribution in [1.82, 2.24) is 10.2 Å². The molecular formula is C31H39N3O5. The number of hydrogen-bond acceptors (Lipinski definition) is 5. The lowest BCUT2D eigenvalue weighted by Gasteiger charge is -2.37. The number of alkyl carbamates (subject to hydrolysis) is 1. The molecule has 3 rings (SSSR count). The number of nitrogens with zero attached hydrogens (tertiary/aromatic N) is 1. The number of hydrogen-bond donors (Lipinski definition) is 3. The standard InChI is InChI=1S/C31H39N3O5/c1-19(2)34(29(37)26(18-35)33-30(38)39-31(5,6)7)27(25-16-20(3)12-13-21(25)4)28(36)32-24-15-14-22-10-8-9-11-23(22)17-24/h8-17,19,26-27,35H,18H2,1-7H3,(H,32,36)(H,33,38). The third kappa shape index (κ3) is 7.57. The van der Waals surface area contributed by atoms with Gasteiger partial charge in [0.2, 0.25) is 5.91 Å². The molecule has 2 unspecified atom stereocenters. The van der Waals surface area contributed by atoms with Crippen LogP contribution in [0, 0.1) is 13.8 Å². The van der Waals surface area contributed by atoms with Gasteiger partial charge in [0.1, 0.15) is 17.7 Å². The Morgan fingerprint density at radius 2 is 1.62 bits per heavy atom. The van der Waals surface area contributed by atoms with Crippen LogP contribution in [-0.4, -0.2) is 52.2 Å². The van der Waals surface area contributed by atoms with E-state index in [2.05, 4.69) is 10.6 Å². The van der Waals surface area contributed by atoms with E-state index in [1.807, 2.05) is 74.5 Å². The largest absolute Gasteiger partial charge is 0.444 e. The van der Waals surface area contributed by atoms with Gasteiger partial charge in [0.05, 0.1) is 6.61 Å². The average molecular weight is 534 g/mol. The summed E-state index contributed by atoms with van der Waals surface area (Å²) in [5.74, 6) is -1.01. The normalized spacial score (nSPS) is 13.1. The highest BCUT2D eigenvalue weighted by Gasteiger charge is 2.38. The molecule has 0 saturated carbocycles. The highest BCUT2D eigenvalue weighted by molar-refractivity contribution is 6.00. The maximum Gasteiger partial charge on any atom is 0.408 e. The van der Waals surface area contributed by atoms with Gasteiger partial charge in [0.15, 0.2) is 0 Å². The van der Waals surface area contributed by atoms with Crippen molar-refractivity contribution in [3.8, 4) is 0 Å². The molecule has 0 fully saturated rings. The second kappa shape index (κ2) is 12.3. The van der Waals surface area contributed by atoms with Gasteiger partial charge < -0.3 is 25.4 Å². The zero-order valence-electron chi connectivity index (χ0n) is 23.7. The molecule has 0 radical (unpaired) electrons. The van der Waals surface area contributed by atoms with Crippen molar-refractivity contribution < 1.29 is 24.2 Å². The first-order valence-corrected chi connectivity index (χ1v) is 13.1. The topological polar surface area (TPSA) is 108 Å². The predicted molar refractivity (Wildman–Crippen MR) is 153 cm³/mol. The van der Waals surface area contributed by atoms with Crippen LogP contribution in [0.1, 0.15) is 57.4 Å². The summed E-state index contributed by atoms with van der Waals surface area (Å²) in [6.45, 7) is 11.8. The summed E-state index contributed by atoms with van der Waals surface area (Å²) >= 11 is 0. The van der Waals surface area contributed by atoms with Crippen LogP contribution in [0.25, 0.3) is 10.8 Å². The van der Waals surface area contributed by atoms with Crippen LogP contribution >= 0.6 is 0 Å². The molecule has 39 heavy (non-hydrogen) atoms. The van der Waals surface area contributed by atoms with E-state index in [0.29, 0.717) is 11.3 Å². The van der Waals surface area contributed by atoms with Gasteiger partial charge in [0, 0.05) is 11.7 Å². The number of carbonyl (C=O) groups excluding carboxylic acids is 3. The predicted octanol–water partition coefficient (Wildman–Crippen LogP) is 5.26. The SMILES string of the molecule is Cc1ccc(C)c(C(C(=O)Nc2ccc3ccccc3c2)N(C(=O)C(CO)NC(=O)OC(C)(C)C)C(C)C)c1. The number of aliphatic hydroxyl groups is 1. The van der Waals surface area contributed by atoms with Crippen molar-refractivity contribution in [2.75, 3.05) is 11.9 Å². The molecular weight excluding hydrogens is 494 g/mol. The fraction of sp³-hybridized carbons (Fsp3) is 0.387. The van der Waals surface area contributed by atoms with Gasteiger partial charge in [-0.1, -0.05) is 54.1 Å². The first kappa shape index (κ1) is 29.6. The molecule has 3 aromatic carbocycles. The van der Waals surface area contributed by atoms with Gasteiger partial charge in [-0.3, -0.25) is 9.59 Å². The Bertz CT molecular complexity index is 1350. The third-order valence-electron chi connectivity index (χ3n) is 6.26. The number of amides is 3. The van der Waals surface area contributed by atoms with Crippen molar-refractivity contribution in [3.05, 3.63) is 77.4 Å². The molecule has 0 saturated heterocycles. The molecule has 0 heterocycles. The van der Waals surface area contributed by atoms with Crippen molar-refractivity contribution >= 4 is 34.4 Å². The van der Waals surface area contributed by atoms with Gasteiger partial charge in [-0.2, -0.15) is 0 Å². The molecule has 0 bridgehead atoms. The van der Waals surface area contributed by atoms with Crippen LogP contribution in [0.15, 0.2) is 60.7 Å². The number of nitrogens with one attached hydrogen (secondary N) is 2. The second-order valence-corrected chi connectivity index (χ2v) is 11.0. The van der Waals surface area contributed by atoms with E-state index in [-0.39, 0.29) is 0 Å². The molecule has 8 heteroatoms. The maximum absolute atomic E-state index is 14.0. The maximum atomic E-state index is 14.0. The lowest BCUT2D eigenvalue weighted by molar-refractivity contribution is -0.143. The summed E-state index contributed by atoms with van der Waals surface area (Å²) in [5.41, 5.74) is 2.23. The Balaban J connectivity index is 2.02. The van der Waals surface area contributed by atoms with Crippen LogP contribution in [0.5, 0.6) is 0 Å². The Labute approximate surface area is 230 Å². The summed E-state index contributed by atoms with van der Waals surface area (Å²) in [5, 5.41) is 17.5. The number of fused-ring (bicyclic) bond motifs is 1. The van der Waals surface area contributed by atoms with Crippen LogP contribution in [0.2, 0.25) is 0 Å². The second-order valence-electron chi connectivity index (χ2n) is 11.0. The molecule has 3 amide bonds. The minimum Gasteiger partial charge on any atom is -0.444 e. The first-order valence-electron chi connectivity index (χ1n) is 13.1. The summed E-state index contributed by atoms with van der Waals surface area (Å²) in [6, 6.07) is 16.4. The van der Waals surface area contributed by atoms with E-state index >= 15 is 0 Å². The quantitative estimate of drug-likeness (QED) is 0.366. The number of rotatable bonds is 8. The van der Waals surface area contributed by atoms with Crippen LogP contribution < -0.4 is 10.6 Å². The molecule has 0 aliphatic carbocycles. The number of anilines is 1. The van der Waals surface area contributed by atoms with Crippen molar-refractivity contribution in [2.24, 2.45) is 0 Å². The number of benzene rings is 3. The highest BCUT2D eigenvalue weighted by atomic mass is 16.6. The van der Waals surface area contributed by atoms with E-state index in [1.54, 1.807) is 34.6 Å². The van der Waals surface area contributed by atoms with E-state index < -0.39 is 48.2 Å². The number of aryl methyl sites for hydroxylation is 2. The number of aliphatic hydroxyl groups excluding tert-OH is 1. The number of ether oxygens (including phenoxy) is 1. The Morgan fingerprint density at radius 3 is 2.23 bits per heavy atom. The van der Waals surface area contributed by atoms with Gasteiger partial charge in [-0.15, -0.1) is 0 Å². The van der Waals surface area contributed by atoms with Crippen molar-refractivity contribution in [2.45, 2.75) is 72.2 Å². The zero-order chi connectivity index (χ0) is 28.9. The molecule has 0 aromatic heterocycles. The Morgan fingerprint density at radius 1 is 0.949 bits per heavy atom. The third-order valence-corrected chi connectivity index (χ3v) is 6.26. The van der Waals surface area contributed by atoms with E-state index in [9.17, 15) is 19.5 Å². The summed E-state index contributed by atoms with van der Waals surface area (Å²) < 4.78 is 5.29. The van der Waals surface area contributed by atoms with Gasteiger partial charge in [-0.05, 0) is 82.5 Å². The molecule has 0 aliphatic rings.